The predicted octanol–water partition coefficient (Wildman–Crippen LogP) is 4.86. The number of thiophene rings is 1. The third kappa shape index (κ3) is 2.84. The molecule has 1 amide bonds. The van der Waals surface area contributed by atoms with Gasteiger partial charge in [0.2, 0.25) is 0 Å². The molecule has 0 saturated heterocycles. The van der Waals surface area contributed by atoms with Crippen molar-refractivity contribution in [1.82, 2.24) is 0 Å². The SMILES string of the molecule is Cc1cc(N(C)C(=O)c2csc(Br)c2)ccc1Br. The van der Waals surface area contributed by atoms with Crippen LogP contribution < -0.4 is 4.90 Å². The fourth-order valence-corrected chi connectivity index (χ4v) is 2.95. The maximum atomic E-state index is 12.3. The van der Waals surface area contributed by atoms with E-state index in [1.807, 2.05) is 36.6 Å². The number of hydrogen-bond donors (Lipinski definition) is 0. The highest BCUT2D eigenvalue weighted by Crippen LogP contribution is 2.25. The number of hydrogen-bond acceptors (Lipinski definition) is 2. The lowest BCUT2D eigenvalue weighted by atomic mass is 10.2. The highest BCUT2D eigenvalue weighted by Gasteiger charge is 2.15. The number of aryl methyl sites for hydroxylation is 1. The molecule has 0 atom stereocenters. The van der Waals surface area contributed by atoms with Crippen molar-refractivity contribution >= 4 is 54.8 Å². The molecule has 1 heterocycles. The third-order valence-electron chi connectivity index (χ3n) is 2.65. The van der Waals surface area contributed by atoms with E-state index in [9.17, 15) is 4.79 Å². The van der Waals surface area contributed by atoms with Crippen LogP contribution in [-0.4, -0.2) is 13.0 Å². The predicted molar refractivity (Wildman–Crippen MR) is 83.6 cm³/mol. The Morgan fingerprint density at radius 2 is 2.00 bits per heavy atom. The molecule has 0 unspecified atom stereocenters. The first kappa shape index (κ1) is 13.8. The first-order valence-electron chi connectivity index (χ1n) is 5.27. The van der Waals surface area contributed by atoms with E-state index in [-0.39, 0.29) is 5.91 Å². The van der Waals surface area contributed by atoms with Crippen molar-refractivity contribution < 1.29 is 4.79 Å². The molecule has 0 aliphatic carbocycles. The summed E-state index contributed by atoms with van der Waals surface area (Å²) in [5.74, 6) is -0.00123. The third-order valence-corrected chi connectivity index (χ3v) is 5.04. The molecule has 0 radical (unpaired) electrons. The van der Waals surface area contributed by atoms with E-state index in [4.69, 9.17) is 0 Å². The molecule has 2 aromatic rings. The van der Waals surface area contributed by atoms with Gasteiger partial charge in [0, 0.05) is 22.6 Å². The van der Waals surface area contributed by atoms with Gasteiger partial charge in [-0.1, -0.05) is 15.9 Å². The van der Waals surface area contributed by atoms with Gasteiger partial charge in [-0.2, -0.15) is 0 Å². The monoisotopic (exact) mass is 387 g/mol. The van der Waals surface area contributed by atoms with Crippen LogP contribution >= 0.6 is 43.2 Å². The fraction of sp³-hybridized carbons (Fsp3) is 0.154. The quantitative estimate of drug-likeness (QED) is 0.719. The highest BCUT2D eigenvalue weighted by molar-refractivity contribution is 9.11. The van der Waals surface area contributed by atoms with Crippen LogP contribution in [0.4, 0.5) is 5.69 Å². The van der Waals surface area contributed by atoms with Crippen molar-refractivity contribution in [1.29, 1.82) is 0 Å². The van der Waals surface area contributed by atoms with Gasteiger partial charge in [-0.05, 0) is 52.7 Å². The van der Waals surface area contributed by atoms with E-state index < -0.39 is 0 Å². The number of carbonyl (C=O) groups excluding carboxylic acids is 1. The Morgan fingerprint density at radius 1 is 1.28 bits per heavy atom. The molecular formula is C13H11Br2NOS. The average Bonchev–Trinajstić information content (AvgIpc) is 2.77. The smallest absolute Gasteiger partial charge is 0.258 e. The number of anilines is 1. The Balaban J connectivity index is 2.28. The molecule has 2 rings (SSSR count). The molecule has 0 aliphatic rings. The Morgan fingerprint density at radius 3 is 2.56 bits per heavy atom. The van der Waals surface area contributed by atoms with Gasteiger partial charge in [0.15, 0.2) is 0 Å². The van der Waals surface area contributed by atoms with Crippen molar-refractivity contribution in [2.45, 2.75) is 6.92 Å². The largest absolute Gasteiger partial charge is 0.311 e. The van der Waals surface area contributed by atoms with Crippen LogP contribution in [0.2, 0.25) is 0 Å². The molecule has 0 saturated carbocycles. The number of rotatable bonds is 2. The van der Waals surface area contributed by atoms with Crippen molar-refractivity contribution in [3.05, 3.63) is 49.0 Å². The van der Waals surface area contributed by atoms with Gasteiger partial charge in [-0.3, -0.25) is 4.79 Å². The zero-order valence-electron chi connectivity index (χ0n) is 9.91. The summed E-state index contributed by atoms with van der Waals surface area (Å²) in [5.41, 5.74) is 2.71. The van der Waals surface area contributed by atoms with Crippen LogP contribution in [0, 0.1) is 6.92 Å². The maximum absolute atomic E-state index is 12.3. The normalized spacial score (nSPS) is 10.4. The summed E-state index contributed by atoms with van der Waals surface area (Å²) in [7, 11) is 1.79. The molecule has 1 aromatic heterocycles. The lowest BCUT2D eigenvalue weighted by Gasteiger charge is -2.17. The van der Waals surface area contributed by atoms with Gasteiger partial charge in [-0.25, -0.2) is 0 Å². The second-order valence-corrected chi connectivity index (χ2v) is 7.08. The molecule has 0 fully saturated rings. The highest BCUT2D eigenvalue weighted by atomic mass is 79.9. The molecule has 5 heteroatoms. The minimum atomic E-state index is -0.00123. The molecule has 0 spiro atoms. The van der Waals surface area contributed by atoms with Gasteiger partial charge in [0.25, 0.3) is 5.91 Å². The lowest BCUT2D eigenvalue weighted by Crippen LogP contribution is -2.25. The standard InChI is InChI=1S/C13H11Br2NOS/c1-8-5-10(3-4-11(8)14)16(2)13(17)9-6-12(15)18-7-9/h3-7H,1-2H3. The maximum Gasteiger partial charge on any atom is 0.258 e. The molecule has 1 aromatic carbocycles. The van der Waals surface area contributed by atoms with Gasteiger partial charge >= 0.3 is 0 Å². The van der Waals surface area contributed by atoms with Crippen molar-refractivity contribution in [2.24, 2.45) is 0 Å². The fourth-order valence-electron chi connectivity index (χ4n) is 1.57. The van der Waals surface area contributed by atoms with E-state index in [0.717, 1.165) is 19.5 Å². The van der Waals surface area contributed by atoms with Crippen LogP contribution in [0.3, 0.4) is 0 Å². The number of benzene rings is 1. The van der Waals surface area contributed by atoms with Gasteiger partial charge in [-0.15, -0.1) is 11.3 Å². The molecule has 0 aliphatic heterocycles. The summed E-state index contributed by atoms with van der Waals surface area (Å²) in [6, 6.07) is 7.72. The van der Waals surface area contributed by atoms with E-state index >= 15 is 0 Å². The number of carbonyl (C=O) groups is 1. The molecule has 0 bridgehead atoms. The van der Waals surface area contributed by atoms with Crippen molar-refractivity contribution in [3.63, 3.8) is 0 Å². The molecule has 94 valence electrons. The Labute approximate surface area is 127 Å². The second-order valence-electron chi connectivity index (χ2n) is 3.94. The van der Waals surface area contributed by atoms with Crippen molar-refractivity contribution in [2.75, 3.05) is 11.9 Å². The Kier molecular flexibility index (Phi) is 4.25. The van der Waals surface area contributed by atoms with Gasteiger partial charge in [0.1, 0.15) is 0 Å². The van der Waals surface area contributed by atoms with Crippen LogP contribution in [0.15, 0.2) is 37.9 Å². The summed E-state index contributed by atoms with van der Waals surface area (Å²) in [6.07, 6.45) is 0. The Hall–Kier alpha value is -0.650. The first-order valence-corrected chi connectivity index (χ1v) is 7.74. The van der Waals surface area contributed by atoms with Crippen LogP contribution in [-0.2, 0) is 0 Å². The molecule has 18 heavy (non-hydrogen) atoms. The van der Waals surface area contributed by atoms with Crippen molar-refractivity contribution in [3.8, 4) is 0 Å². The van der Waals surface area contributed by atoms with Gasteiger partial charge in [0.05, 0.1) is 9.35 Å². The summed E-state index contributed by atoms with van der Waals surface area (Å²) in [4.78, 5) is 13.9. The summed E-state index contributed by atoms with van der Waals surface area (Å²) in [5, 5.41) is 1.86. The first-order chi connectivity index (χ1) is 8.49. The van der Waals surface area contributed by atoms with Crippen LogP contribution in [0.5, 0.6) is 0 Å². The van der Waals surface area contributed by atoms with Gasteiger partial charge < -0.3 is 4.90 Å². The van der Waals surface area contributed by atoms with E-state index in [0.29, 0.717) is 5.56 Å². The average molecular weight is 389 g/mol. The number of nitrogens with zero attached hydrogens (tertiary/aromatic N) is 1. The van der Waals surface area contributed by atoms with E-state index in [1.165, 1.54) is 11.3 Å². The zero-order chi connectivity index (χ0) is 13.3. The second kappa shape index (κ2) is 5.55. The van der Waals surface area contributed by atoms with Crippen LogP contribution in [0.25, 0.3) is 0 Å². The Bertz CT molecular complexity index is 594. The summed E-state index contributed by atoms with van der Waals surface area (Å²) >= 11 is 8.34. The minimum absolute atomic E-state index is 0.00123. The summed E-state index contributed by atoms with van der Waals surface area (Å²) < 4.78 is 2.01. The lowest BCUT2D eigenvalue weighted by molar-refractivity contribution is 0.0993. The topological polar surface area (TPSA) is 20.3 Å². The minimum Gasteiger partial charge on any atom is -0.311 e. The van der Waals surface area contributed by atoms with Crippen LogP contribution in [0.1, 0.15) is 15.9 Å². The van der Waals surface area contributed by atoms with E-state index in [1.54, 1.807) is 11.9 Å². The molecule has 2 nitrogen and oxygen atoms in total. The summed E-state index contributed by atoms with van der Waals surface area (Å²) in [6.45, 7) is 2.01. The number of amides is 1. The molecular weight excluding hydrogens is 378 g/mol. The zero-order valence-corrected chi connectivity index (χ0v) is 13.9. The molecule has 0 N–H and O–H groups in total. The number of halogens is 2. The van der Waals surface area contributed by atoms with E-state index in [2.05, 4.69) is 31.9 Å².